The van der Waals surface area contributed by atoms with Crippen LogP contribution in [0.25, 0.3) is 0 Å². The zero-order valence-corrected chi connectivity index (χ0v) is 4.28. The number of aliphatic hydroxyl groups is 2. The topological polar surface area (TPSA) is 58.9 Å². The lowest BCUT2D eigenvalue weighted by molar-refractivity contribution is 0.0353. The van der Waals surface area contributed by atoms with E-state index in [4.69, 9.17) is 10.2 Å². The summed E-state index contributed by atoms with van der Waals surface area (Å²) in [5.74, 6) is 0. The Bertz CT molecular complexity index is 53.1. The average Bonchev–Trinajstić information content (AvgIpc) is 1.81. The fourth-order valence-electron chi connectivity index (χ4n) is 0.165. The second-order valence-electron chi connectivity index (χ2n) is 0.864. The molecule has 0 heterocycles. The molecule has 0 fully saturated rings. The third-order valence-electron chi connectivity index (χ3n) is 0.397. The van der Waals surface area contributed by atoms with E-state index in [1.54, 1.807) is 0 Å². The van der Waals surface area contributed by atoms with E-state index in [0.29, 0.717) is 0 Å². The van der Waals surface area contributed by atoms with Gasteiger partial charge >= 0.3 is 0 Å². The number of ether oxygens (including phenoxy) is 2. The molecule has 2 N–H and O–H groups in total. The minimum atomic E-state index is -0.384. The molecule has 0 aromatic rings. The second-order valence-corrected chi connectivity index (χ2v) is 0.864. The molecule has 0 bridgehead atoms. The quantitative estimate of drug-likeness (QED) is 0.384. The van der Waals surface area contributed by atoms with E-state index in [2.05, 4.69) is 9.47 Å². The van der Waals surface area contributed by atoms with Crippen LogP contribution in [0.2, 0.25) is 0 Å². The van der Waals surface area contributed by atoms with Gasteiger partial charge in [-0.3, -0.25) is 0 Å². The molecule has 0 rings (SSSR count). The van der Waals surface area contributed by atoms with Gasteiger partial charge in [0.15, 0.2) is 13.6 Å². The SMILES string of the molecule is OCOC=COCO. The summed E-state index contributed by atoms with van der Waals surface area (Å²) in [6.07, 6.45) is 2.27. The Morgan fingerprint density at radius 2 is 1.38 bits per heavy atom. The maximum absolute atomic E-state index is 7.97. The van der Waals surface area contributed by atoms with E-state index >= 15 is 0 Å². The molecule has 0 spiro atoms. The molecule has 4 nitrogen and oxygen atoms in total. The van der Waals surface area contributed by atoms with E-state index in [1.807, 2.05) is 0 Å². The molecule has 8 heavy (non-hydrogen) atoms. The highest BCUT2D eigenvalue weighted by Crippen LogP contribution is 1.75. The van der Waals surface area contributed by atoms with Crippen LogP contribution in [0.5, 0.6) is 0 Å². The Labute approximate surface area is 47.0 Å². The Kier molecular flexibility index (Phi) is 5.68. The number of aliphatic hydroxyl groups excluding tert-OH is 2. The van der Waals surface area contributed by atoms with Crippen molar-refractivity contribution in [3.8, 4) is 0 Å². The summed E-state index contributed by atoms with van der Waals surface area (Å²) in [7, 11) is 0. The molecule has 0 unspecified atom stereocenters. The molecular formula is C4H8O4. The first-order chi connectivity index (χ1) is 3.91. The smallest absolute Gasteiger partial charge is 0.185 e. The van der Waals surface area contributed by atoms with Crippen LogP contribution < -0.4 is 0 Å². The van der Waals surface area contributed by atoms with Crippen molar-refractivity contribution in [2.24, 2.45) is 0 Å². The average molecular weight is 120 g/mol. The lowest BCUT2D eigenvalue weighted by atomic mass is 11.0. The Hall–Kier alpha value is -0.740. The van der Waals surface area contributed by atoms with Crippen LogP contribution in [0.4, 0.5) is 0 Å². The van der Waals surface area contributed by atoms with Gasteiger partial charge in [-0.05, 0) is 0 Å². The molecule has 0 saturated carbocycles. The Morgan fingerprint density at radius 1 is 1.00 bits per heavy atom. The van der Waals surface area contributed by atoms with Gasteiger partial charge in [-0.1, -0.05) is 0 Å². The number of hydrogen-bond acceptors (Lipinski definition) is 4. The summed E-state index contributed by atoms with van der Waals surface area (Å²) in [5.41, 5.74) is 0. The van der Waals surface area contributed by atoms with Gasteiger partial charge in [0.1, 0.15) is 12.5 Å². The van der Waals surface area contributed by atoms with Crippen molar-refractivity contribution in [2.75, 3.05) is 13.6 Å². The van der Waals surface area contributed by atoms with Crippen LogP contribution in [0.1, 0.15) is 0 Å². The van der Waals surface area contributed by atoms with E-state index in [0.717, 1.165) is 12.5 Å². The van der Waals surface area contributed by atoms with Crippen molar-refractivity contribution >= 4 is 0 Å². The summed E-state index contributed by atoms with van der Waals surface area (Å²) >= 11 is 0. The molecule has 0 saturated heterocycles. The van der Waals surface area contributed by atoms with E-state index in [-0.39, 0.29) is 13.6 Å². The zero-order valence-electron chi connectivity index (χ0n) is 4.28. The molecule has 0 radical (unpaired) electrons. The molecule has 48 valence electrons. The second kappa shape index (κ2) is 6.26. The molecule has 0 aliphatic heterocycles. The van der Waals surface area contributed by atoms with E-state index in [1.165, 1.54) is 0 Å². The van der Waals surface area contributed by atoms with Crippen LogP contribution in [-0.4, -0.2) is 23.8 Å². The first-order valence-corrected chi connectivity index (χ1v) is 2.01. The third-order valence-corrected chi connectivity index (χ3v) is 0.397. The third kappa shape index (κ3) is 5.26. The molecule has 0 atom stereocenters. The monoisotopic (exact) mass is 120 g/mol. The maximum Gasteiger partial charge on any atom is 0.185 e. The summed E-state index contributed by atoms with van der Waals surface area (Å²) in [6.45, 7) is -0.767. The summed E-state index contributed by atoms with van der Waals surface area (Å²) in [4.78, 5) is 0. The molecule has 0 aliphatic carbocycles. The Morgan fingerprint density at radius 3 is 1.62 bits per heavy atom. The van der Waals surface area contributed by atoms with Crippen molar-refractivity contribution in [1.29, 1.82) is 0 Å². The van der Waals surface area contributed by atoms with Crippen molar-refractivity contribution < 1.29 is 19.7 Å². The predicted octanol–water partition coefficient (Wildman–Crippen LogP) is -0.610. The van der Waals surface area contributed by atoms with Gasteiger partial charge < -0.3 is 19.7 Å². The lowest BCUT2D eigenvalue weighted by Gasteiger charge is -1.91. The first-order valence-electron chi connectivity index (χ1n) is 2.01. The highest BCUT2D eigenvalue weighted by Gasteiger charge is 1.69. The van der Waals surface area contributed by atoms with E-state index in [9.17, 15) is 0 Å². The lowest BCUT2D eigenvalue weighted by Crippen LogP contribution is -1.84. The van der Waals surface area contributed by atoms with E-state index < -0.39 is 0 Å². The summed E-state index contributed by atoms with van der Waals surface area (Å²) < 4.78 is 8.55. The maximum atomic E-state index is 7.97. The van der Waals surface area contributed by atoms with Gasteiger partial charge in [-0.25, -0.2) is 0 Å². The predicted molar refractivity (Wildman–Crippen MR) is 25.5 cm³/mol. The molecule has 0 aromatic carbocycles. The van der Waals surface area contributed by atoms with Crippen molar-refractivity contribution in [3.05, 3.63) is 12.5 Å². The highest BCUT2D eigenvalue weighted by atomic mass is 16.6. The van der Waals surface area contributed by atoms with Gasteiger partial charge in [-0.2, -0.15) is 0 Å². The van der Waals surface area contributed by atoms with Crippen molar-refractivity contribution in [3.63, 3.8) is 0 Å². The van der Waals surface area contributed by atoms with Crippen LogP contribution >= 0.6 is 0 Å². The summed E-state index contributed by atoms with van der Waals surface area (Å²) in [5, 5.41) is 15.9. The van der Waals surface area contributed by atoms with Gasteiger partial charge in [0.2, 0.25) is 0 Å². The standard InChI is InChI=1S/C4H8O4/c5-3-7-1-2-8-4-6/h1-2,5-6H,3-4H2. The minimum Gasteiger partial charge on any atom is -0.472 e. The summed E-state index contributed by atoms with van der Waals surface area (Å²) in [6, 6.07) is 0. The van der Waals surface area contributed by atoms with Gasteiger partial charge in [0, 0.05) is 0 Å². The Balaban J connectivity index is 2.83. The van der Waals surface area contributed by atoms with Crippen molar-refractivity contribution in [1.82, 2.24) is 0 Å². The fraction of sp³-hybridized carbons (Fsp3) is 0.500. The molecule has 0 aromatic heterocycles. The van der Waals surface area contributed by atoms with Crippen LogP contribution in [0.15, 0.2) is 12.5 Å². The van der Waals surface area contributed by atoms with Crippen LogP contribution in [0.3, 0.4) is 0 Å². The van der Waals surface area contributed by atoms with Gasteiger partial charge in [0.25, 0.3) is 0 Å². The normalized spacial score (nSPS) is 9.75. The molecular weight excluding hydrogens is 112 g/mol. The number of rotatable bonds is 4. The van der Waals surface area contributed by atoms with Gasteiger partial charge in [-0.15, -0.1) is 0 Å². The van der Waals surface area contributed by atoms with Crippen LogP contribution in [0, 0.1) is 0 Å². The van der Waals surface area contributed by atoms with Crippen molar-refractivity contribution in [2.45, 2.75) is 0 Å². The zero-order chi connectivity index (χ0) is 6.24. The minimum absolute atomic E-state index is 0.384. The largest absolute Gasteiger partial charge is 0.472 e. The molecule has 0 aliphatic rings. The molecule has 0 amide bonds. The number of hydrogen-bond donors (Lipinski definition) is 2. The first kappa shape index (κ1) is 7.26. The van der Waals surface area contributed by atoms with Crippen LogP contribution in [-0.2, 0) is 9.47 Å². The van der Waals surface area contributed by atoms with Gasteiger partial charge in [0.05, 0.1) is 0 Å². The fourth-order valence-corrected chi connectivity index (χ4v) is 0.165. The molecule has 4 heteroatoms. The highest BCUT2D eigenvalue weighted by molar-refractivity contribution is 4.57.